The van der Waals surface area contributed by atoms with Gasteiger partial charge in [-0.15, -0.1) is 0 Å². The fourth-order valence-corrected chi connectivity index (χ4v) is 3.01. The highest BCUT2D eigenvalue weighted by Gasteiger charge is 2.27. The lowest BCUT2D eigenvalue weighted by atomic mass is 9.99. The zero-order valence-electron chi connectivity index (χ0n) is 13.6. The summed E-state index contributed by atoms with van der Waals surface area (Å²) in [6, 6.07) is 7.73. The molecule has 3 rings (SSSR count). The van der Waals surface area contributed by atoms with E-state index in [0.717, 1.165) is 13.0 Å². The van der Waals surface area contributed by atoms with Crippen molar-refractivity contribution in [2.45, 2.75) is 39.3 Å². The largest absolute Gasteiger partial charge is 0.321 e. The maximum Gasteiger partial charge on any atom is 0.284 e. The quantitative estimate of drug-likeness (QED) is 0.903. The fraction of sp³-hybridized carbons (Fsp3) is 0.412. The average molecular weight is 334 g/mol. The molecule has 0 bridgehead atoms. The maximum atomic E-state index is 13.0. The molecule has 0 spiro atoms. The normalized spacial score (nSPS) is 16.0. The molecule has 1 unspecified atom stereocenters. The fourth-order valence-electron chi connectivity index (χ4n) is 3.01. The number of nitrogens with one attached hydrogen (secondary N) is 2. The van der Waals surface area contributed by atoms with E-state index in [-0.39, 0.29) is 11.6 Å². The molecule has 1 aromatic carbocycles. The Labute approximate surface area is 139 Å². The van der Waals surface area contributed by atoms with E-state index >= 15 is 0 Å². The molecule has 0 saturated carbocycles. The van der Waals surface area contributed by atoms with Crippen molar-refractivity contribution in [3.05, 3.63) is 46.8 Å². The van der Waals surface area contributed by atoms with Gasteiger partial charge in [0.15, 0.2) is 5.69 Å². The summed E-state index contributed by atoms with van der Waals surface area (Å²) in [5.41, 5.74) is 2.59. The highest BCUT2D eigenvalue weighted by atomic mass is 19.3. The Hall–Kier alpha value is -2.28. The van der Waals surface area contributed by atoms with Crippen LogP contribution in [0.15, 0.2) is 24.3 Å². The third-order valence-electron chi connectivity index (χ3n) is 4.52. The first kappa shape index (κ1) is 16.6. The highest BCUT2D eigenvalue weighted by Crippen LogP contribution is 2.28. The van der Waals surface area contributed by atoms with Crippen molar-refractivity contribution >= 4 is 11.6 Å². The zero-order valence-corrected chi connectivity index (χ0v) is 13.6. The lowest BCUT2D eigenvalue weighted by molar-refractivity contribution is -0.121. The molecule has 1 aliphatic rings. The Kier molecular flexibility index (Phi) is 4.62. The van der Waals surface area contributed by atoms with Crippen LogP contribution in [0, 0.1) is 6.92 Å². The number of carbonyl (C=O) groups is 1. The molecule has 7 heteroatoms. The summed E-state index contributed by atoms with van der Waals surface area (Å²) in [6.45, 7) is 4.84. The van der Waals surface area contributed by atoms with Crippen LogP contribution in [0.5, 0.6) is 0 Å². The first-order chi connectivity index (χ1) is 11.5. The van der Waals surface area contributed by atoms with Crippen LogP contribution in [0.4, 0.5) is 14.5 Å². The zero-order chi connectivity index (χ0) is 17.3. The van der Waals surface area contributed by atoms with E-state index in [2.05, 4.69) is 32.5 Å². The molecule has 1 atom stereocenters. The molecule has 0 fully saturated rings. The van der Waals surface area contributed by atoms with Crippen molar-refractivity contribution in [1.82, 2.24) is 15.1 Å². The van der Waals surface area contributed by atoms with E-state index in [1.54, 1.807) is 13.8 Å². The molecule has 0 saturated heterocycles. The van der Waals surface area contributed by atoms with Crippen LogP contribution in [-0.4, -0.2) is 33.6 Å². The minimum absolute atomic E-state index is 0.0826. The number of H-pyrrole nitrogens is 1. The molecule has 2 N–H and O–H groups in total. The van der Waals surface area contributed by atoms with Crippen LogP contribution in [0.3, 0.4) is 0 Å². The van der Waals surface area contributed by atoms with Gasteiger partial charge >= 0.3 is 0 Å². The Bertz CT molecular complexity index is 744. The van der Waals surface area contributed by atoms with E-state index < -0.39 is 18.2 Å². The summed E-state index contributed by atoms with van der Waals surface area (Å²) < 4.78 is 25.9. The van der Waals surface area contributed by atoms with Crippen molar-refractivity contribution in [2.24, 2.45) is 0 Å². The number of rotatable bonds is 4. The molecule has 2 aromatic rings. The highest BCUT2D eigenvalue weighted by molar-refractivity contribution is 5.95. The number of aromatic nitrogens is 2. The minimum Gasteiger partial charge on any atom is -0.321 e. The van der Waals surface area contributed by atoms with Crippen molar-refractivity contribution in [2.75, 3.05) is 11.9 Å². The Morgan fingerprint density at radius 1 is 1.33 bits per heavy atom. The third kappa shape index (κ3) is 3.17. The predicted octanol–water partition coefficient (Wildman–Crippen LogP) is 3.04. The van der Waals surface area contributed by atoms with Gasteiger partial charge in [-0.25, -0.2) is 8.78 Å². The van der Waals surface area contributed by atoms with Crippen LogP contribution in [0.1, 0.15) is 35.9 Å². The lowest BCUT2D eigenvalue weighted by Gasteiger charge is -2.32. The maximum absolute atomic E-state index is 13.0. The van der Waals surface area contributed by atoms with E-state index in [4.69, 9.17) is 0 Å². The summed E-state index contributed by atoms with van der Waals surface area (Å²) in [5.74, 6) is -0.305. The first-order valence-electron chi connectivity index (χ1n) is 7.92. The number of nitrogens with zero attached hydrogens (tertiary/aromatic N) is 2. The van der Waals surface area contributed by atoms with Gasteiger partial charge < -0.3 is 5.32 Å². The number of carbonyl (C=O) groups excluding carboxylic acids is 1. The molecular weight excluding hydrogens is 314 g/mol. The van der Waals surface area contributed by atoms with Gasteiger partial charge in [0.2, 0.25) is 5.91 Å². The predicted molar refractivity (Wildman–Crippen MR) is 86.9 cm³/mol. The number of halogens is 2. The molecular formula is C17H20F2N4O. The number of amides is 1. The van der Waals surface area contributed by atoms with Crippen molar-refractivity contribution < 1.29 is 13.6 Å². The smallest absolute Gasteiger partial charge is 0.284 e. The van der Waals surface area contributed by atoms with Crippen LogP contribution in [0.2, 0.25) is 0 Å². The summed E-state index contributed by atoms with van der Waals surface area (Å²) >= 11 is 0. The topological polar surface area (TPSA) is 61.0 Å². The standard InChI is InChI=1S/C17H20F2N4O/c1-10-14(15(16(18)19)22-21-10)20-17(24)11(2)23-8-7-12-5-3-4-6-13(12)9-23/h3-6,11,16H,7-9H2,1-2H3,(H,20,24)(H,21,22). The number of alkyl halides is 2. The van der Waals surface area contributed by atoms with Crippen molar-refractivity contribution in [3.63, 3.8) is 0 Å². The van der Waals surface area contributed by atoms with E-state index in [1.165, 1.54) is 11.1 Å². The Morgan fingerprint density at radius 2 is 2.04 bits per heavy atom. The number of anilines is 1. The monoisotopic (exact) mass is 334 g/mol. The van der Waals surface area contributed by atoms with Crippen LogP contribution in [-0.2, 0) is 17.8 Å². The van der Waals surface area contributed by atoms with Gasteiger partial charge in [0.05, 0.1) is 17.4 Å². The second kappa shape index (κ2) is 6.68. The second-order valence-corrected chi connectivity index (χ2v) is 6.06. The van der Waals surface area contributed by atoms with Gasteiger partial charge in [0.25, 0.3) is 6.43 Å². The van der Waals surface area contributed by atoms with Gasteiger partial charge in [-0.1, -0.05) is 24.3 Å². The molecule has 1 aliphatic heterocycles. The van der Waals surface area contributed by atoms with Gasteiger partial charge in [0, 0.05) is 13.1 Å². The second-order valence-electron chi connectivity index (χ2n) is 6.06. The average Bonchev–Trinajstić information content (AvgIpc) is 2.94. The Morgan fingerprint density at radius 3 is 2.75 bits per heavy atom. The number of hydrogen-bond donors (Lipinski definition) is 2. The molecule has 0 aliphatic carbocycles. The van der Waals surface area contributed by atoms with Crippen LogP contribution < -0.4 is 5.32 Å². The molecule has 128 valence electrons. The lowest BCUT2D eigenvalue weighted by Crippen LogP contribution is -2.44. The molecule has 1 aromatic heterocycles. The Balaban J connectivity index is 1.71. The van der Waals surface area contributed by atoms with Gasteiger partial charge in [0.1, 0.15) is 0 Å². The first-order valence-corrected chi connectivity index (χ1v) is 7.92. The molecule has 2 heterocycles. The summed E-state index contributed by atoms with van der Waals surface area (Å²) in [7, 11) is 0. The van der Waals surface area contributed by atoms with E-state index in [9.17, 15) is 13.6 Å². The minimum atomic E-state index is -2.73. The molecule has 1 amide bonds. The van der Waals surface area contributed by atoms with Crippen molar-refractivity contribution in [3.8, 4) is 0 Å². The van der Waals surface area contributed by atoms with Gasteiger partial charge in [-0.3, -0.25) is 14.8 Å². The third-order valence-corrected chi connectivity index (χ3v) is 4.52. The molecule has 5 nitrogen and oxygen atoms in total. The van der Waals surface area contributed by atoms with Gasteiger partial charge in [-0.05, 0) is 31.4 Å². The summed E-state index contributed by atoms with van der Waals surface area (Å²) in [6.07, 6.45) is -1.86. The molecule has 24 heavy (non-hydrogen) atoms. The SMILES string of the molecule is Cc1[nH]nc(C(F)F)c1NC(=O)C(C)N1CCc2ccccc2C1. The van der Waals surface area contributed by atoms with Crippen molar-refractivity contribution in [1.29, 1.82) is 0 Å². The summed E-state index contributed by atoms with van der Waals surface area (Å²) in [5, 5.41) is 8.67. The van der Waals surface area contributed by atoms with Crippen LogP contribution >= 0.6 is 0 Å². The number of benzene rings is 1. The number of aromatic amines is 1. The molecule has 0 radical (unpaired) electrons. The van der Waals surface area contributed by atoms with Crippen LogP contribution in [0.25, 0.3) is 0 Å². The number of hydrogen-bond acceptors (Lipinski definition) is 3. The number of fused-ring (bicyclic) bond motifs is 1. The van der Waals surface area contributed by atoms with E-state index in [1.807, 2.05) is 12.1 Å². The number of aryl methyl sites for hydroxylation is 1. The van der Waals surface area contributed by atoms with E-state index in [0.29, 0.717) is 12.2 Å². The van der Waals surface area contributed by atoms with Gasteiger partial charge in [-0.2, -0.15) is 5.10 Å². The summed E-state index contributed by atoms with van der Waals surface area (Å²) in [4.78, 5) is 14.6.